The Kier molecular flexibility index (Phi) is 3.92. The van der Waals surface area contributed by atoms with E-state index in [1.807, 2.05) is 4.90 Å². The number of aromatic nitrogens is 1. The molecule has 120 valence electrons. The van der Waals surface area contributed by atoms with Crippen molar-refractivity contribution < 1.29 is 4.79 Å². The van der Waals surface area contributed by atoms with E-state index in [-0.39, 0.29) is 5.92 Å². The van der Waals surface area contributed by atoms with Gasteiger partial charge in [-0.15, -0.1) is 0 Å². The van der Waals surface area contributed by atoms with E-state index < -0.39 is 0 Å². The summed E-state index contributed by atoms with van der Waals surface area (Å²) in [6, 6.07) is 8.42. The average Bonchev–Trinajstić information content (AvgIpc) is 3.06. The zero-order chi connectivity index (χ0) is 15.6. The van der Waals surface area contributed by atoms with Crippen LogP contribution in [0.25, 0.3) is 16.5 Å². The highest BCUT2D eigenvalue weighted by Crippen LogP contribution is 2.34. The van der Waals surface area contributed by atoms with Crippen LogP contribution in [0.5, 0.6) is 0 Å². The minimum Gasteiger partial charge on any atom is -0.361 e. The molecule has 4 heteroatoms. The molecule has 23 heavy (non-hydrogen) atoms. The second-order valence-electron chi connectivity index (χ2n) is 6.52. The minimum atomic E-state index is 0.169. The van der Waals surface area contributed by atoms with Crippen LogP contribution in [0.3, 0.4) is 0 Å². The number of aromatic amines is 1. The summed E-state index contributed by atoms with van der Waals surface area (Å²) in [5, 5.41) is 4.59. The third-order valence-corrected chi connectivity index (χ3v) is 5.12. The topological polar surface area (TPSA) is 48.1 Å². The zero-order valence-corrected chi connectivity index (χ0v) is 13.3. The van der Waals surface area contributed by atoms with Crippen molar-refractivity contribution in [1.82, 2.24) is 15.2 Å². The number of nitrogens with one attached hydrogen (secondary N) is 2. The van der Waals surface area contributed by atoms with E-state index in [2.05, 4.69) is 46.8 Å². The Hall–Kier alpha value is -2.07. The molecule has 1 amide bonds. The summed E-state index contributed by atoms with van der Waals surface area (Å²) in [7, 11) is 0. The molecule has 1 fully saturated rings. The second kappa shape index (κ2) is 6.20. The highest BCUT2D eigenvalue weighted by Gasteiger charge is 2.27. The molecule has 0 saturated carbocycles. The lowest BCUT2D eigenvalue weighted by molar-refractivity contribution is -0.136. The SMILES string of the molecule is O=C(C1CC=C(c2c[nH]c3ccccc23)CC1)N1CCNCC1. The molecule has 4 nitrogen and oxygen atoms in total. The van der Waals surface area contributed by atoms with Gasteiger partial charge >= 0.3 is 0 Å². The summed E-state index contributed by atoms with van der Waals surface area (Å²) >= 11 is 0. The van der Waals surface area contributed by atoms with Gasteiger partial charge in [-0.1, -0.05) is 24.3 Å². The molecule has 1 atom stereocenters. The quantitative estimate of drug-likeness (QED) is 0.896. The molecule has 2 aromatic rings. The molecule has 1 aromatic carbocycles. The van der Waals surface area contributed by atoms with E-state index in [1.165, 1.54) is 22.0 Å². The Morgan fingerprint density at radius 2 is 2.00 bits per heavy atom. The number of carbonyl (C=O) groups is 1. The molecule has 4 rings (SSSR count). The van der Waals surface area contributed by atoms with Crippen molar-refractivity contribution in [2.24, 2.45) is 5.92 Å². The van der Waals surface area contributed by atoms with Crippen LogP contribution in [0.4, 0.5) is 0 Å². The van der Waals surface area contributed by atoms with Crippen molar-refractivity contribution in [1.29, 1.82) is 0 Å². The van der Waals surface area contributed by atoms with Gasteiger partial charge < -0.3 is 15.2 Å². The van der Waals surface area contributed by atoms with Crippen molar-refractivity contribution in [3.05, 3.63) is 42.1 Å². The van der Waals surface area contributed by atoms with E-state index in [0.717, 1.165) is 45.4 Å². The van der Waals surface area contributed by atoms with Crippen molar-refractivity contribution in [3.8, 4) is 0 Å². The van der Waals surface area contributed by atoms with Crippen molar-refractivity contribution >= 4 is 22.4 Å². The molecular formula is C19H23N3O. The number of amides is 1. The van der Waals surface area contributed by atoms with Crippen LogP contribution >= 0.6 is 0 Å². The van der Waals surface area contributed by atoms with Gasteiger partial charge in [0.2, 0.25) is 5.91 Å². The Labute approximate surface area is 136 Å². The number of hydrogen-bond donors (Lipinski definition) is 2. The van der Waals surface area contributed by atoms with Gasteiger partial charge in [-0.2, -0.15) is 0 Å². The van der Waals surface area contributed by atoms with Crippen LogP contribution in [0.1, 0.15) is 24.8 Å². The Balaban J connectivity index is 1.49. The first-order chi connectivity index (χ1) is 11.3. The van der Waals surface area contributed by atoms with Crippen LogP contribution in [-0.2, 0) is 4.79 Å². The fourth-order valence-corrected chi connectivity index (χ4v) is 3.78. The van der Waals surface area contributed by atoms with Crippen LogP contribution in [-0.4, -0.2) is 42.0 Å². The van der Waals surface area contributed by atoms with Gasteiger partial charge in [0, 0.05) is 54.8 Å². The van der Waals surface area contributed by atoms with Gasteiger partial charge in [0.25, 0.3) is 0 Å². The Morgan fingerprint density at radius 1 is 1.17 bits per heavy atom. The monoisotopic (exact) mass is 309 g/mol. The highest BCUT2D eigenvalue weighted by molar-refractivity contribution is 5.93. The third-order valence-electron chi connectivity index (χ3n) is 5.12. The van der Waals surface area contributed by atoms with Gasteiger partial charge in [-0.25, -0.2) is 0 Å². The Bertz CT molecular complexity index is 740. The van der Waals surface area contributed by atoms with Crippen LogP contribution in [0.15, 0.2) is 36.5 Å². The van der Waals surface area contributed by atoms with Gasteiger partial charge in [0.15, 0.2) is 0 Å². The summed E-state index contributed by atoms with van der Waals surface area (Å²) in [4.78, 5) is 18.0. The van der Waals surface area contributed by atoms with Gasteiger partial charge in [0.1, 0.15) is 0 Å². The van der Waals surface area contributed by atoms with E-state index >= 15 is 0 Å². The third kappa shape index (κ3) is 2.79. The molecule has 1 unspecified atom stereocenters. The number of allylic oxidation sites excluding steroid dienone is 2. The van der Waals surface area contributed by atoms with Gasteiger partial charge in [0.05, 0.1) is 0 Å². The number of para-hydroxylation sites is 1. The number of nitrogens with zero attached hydrogens (tertiary/aromatic N) is 1. The maximum atomic E-state index is 12.6. The summed E-state index contributed by atoms with van der Waals surface area (Å²) in [5.74, 6) is 0.516. The molecule has 1 saturated heterocycles. The normalized spacial score (nSPS) is 22.2. The van der Waals surface area contributed by atoms with E-state index in [1.54, 1.807) is 0 Å². The Morgan fingerprint density at radius 3 is 2.78 bits per heavy atom. The lowest BCUT2D eigenvalue weighted by atomic mass is 9.85. The number of rotatable bonds is 2. The maximum absolute atomic E-state index is 12.6. The number of carbonyl (C=O) groups excluding carboxylic acids is 1. The maximum Gasteiger partial charge on any atom is 0.226 e. The molecule has 1 aliphatic heterocycles. The molecule has 0 bridgehead atoms. The fraction of sp³-hybridized carbons (Fsp3) is 0.421. The standard InChI is InChI=1S/C19H23N3O/c23-19(22-11-9-20-10-12-22)15-7-5-14(6-8-15)17-13-21-18-4-2-1-3-16(17)18/h1-5,13,15,20-21H,6-12H2. The summed E-state index contributed by atoms with van der Waals surface area (Å²) < 4.78 is 0. The first-order valence-electron chi connectivity index (χ1n) is 8.58. The number of piperazine rings is 1. The van der Waals surface area contributed by atoms with Crippen molar-refractivity contribution in [3.63, 3.8) is 0 Å². The highest BCUT2D eigenvalue weighted by atomic mass is 16.2. The summed E-state index contributed by atoms with van der Waals surface area (Å²) in [6.45, 7) is 3.56. The lowest BCUT2D eigenvalue weighted by Gasteiger charge is -2.32. The first kappa shape index (κ1) is 14.5. The molecule has 0 radical (unpaired) electrons. The predicted octanol–water partition coefficient (Wildman–Crippen LogP) is 2.78. The number of H-pyrrole nitrogens is 1. The minimum absolute atomic E-state index is 0.169. The van der Waals surface area contributed by atoms with Crippen LogP contribution in [0, 0.1) is 5.92 Å². The largest absolute Gasteiger partial charge is 0.361 e. The second-order valence-corrected chi connectivity index (χ2v) is 6.52. The predicted molar refractivity (Wildman–Crippen MR) is 93.1 cm³/mol. The molecule has 1 aromatic heterocycles. The zero-order valence-electron chi connectivity index (χ0n) is 13.3. The lowest BCUT2D eigenvalue weighted by Crippen LogP contribution is -2.48. The molecule has 2 aliphatic rings. The smallest absolute Gasteiger partial charge is 0.226 e. The number of fused-ring (bicyclic) bond motifs is 1. The van der Waals surface area contributed by atoms with E-state index in [0.29, 0.717) is 5.91 Å². The van der Waals surface area contributed by atoms with Crippen LogP contribution in [0.2, 0.25) is 0 Å². The van der Waals surface area contributed by atoms with E-state index in [9.17, 15) is 4.79 Å². The summed E-state index contributed by atoms with van der Waals surface area (Å²) in [5.41, 5.74) is 3.86. The van der Waals surface area contributed by atoms with E-state index in [4.69, 9.17) is 0 Å². The van der Waals surface area contributed by atoms with Crippen molar-refractivity contribution in [2.45, 2.75) is 19.3 Å². The van der Waals surface area contributed by atoms with Gasteiger partial charge in [-0.3, -0.25) is 4.79 Å². The number of hydrogen-bond acceptors (Lipinski definition) is 2. The number of benzene rings is 1. The molecule has 1 aliphatic carbocycles. The molecule has 0 spiro atoms. The average molecular weight is 309 g/mol. The molecule has 2 heterocycles. The molecule has 2 N–H and O–H groups in total. The first-order valence-corrected chi connectivity index (χ1v) is 8.58. The van der Waals surface area contributed by atoms with Crippen LogP contribution < -0.4 is 5.32 Å². The molecular weight excluding hydrogens is 286 g/mol. The van der Waals surface area contributed by atoms with Crippen molar-refractivity contribution in [2.75, 3.05) is 26.2 Å². The fourth-order valence-electron chi connectivity index (χ4n) is 3.78. The van der Waals surface area contributed by atoms with Gasteiger partial charge in [-0.05, 0) is 30.9 Å². The summed E-state index contributed by atoms with van der Waals surface area (Å²) in [6.07, 6.45) is 7.22.